The van der Waals surface area contributed by atoms with E-state index >= 15 is 0 Å². The Labute approximate surface area is 66.2 Å². The average molecular weight is 149 g/mol. The molecular weight excluding hydrogens is 138 g/mol. The van der Waals surface area contributed by atoms with Crippen LogP contribution in [0.1, 0.15) is 19.5 Å². The van der Waals surface area contributed by atoms with Crippen molar-refractivity contribution in [2.75, 3.05) is 0 Å². The lowest BCUT2D eigenvalue weighted by Gasteiger charge is -1.99. The van der Waals surface area contributed by atoms with Crippen LogP contribution in [0.5, 0.6) is 0 Å². The summed E-state index contributed by atoms with van der Waals surface area (Å²) in [6, 6.07) is 5.62. The second-order valence-corrected chi connectivity index (χ2v) is 2.43. The predicted octanol–water partition coefficient (Wildman–Crippen LogP) is 2.39. The highest BCUT2D eigenvalue weighted by atomic mass is 16.3. The number of aromatic nitrogens is 1. The van der Waals surface area contributed by atoms with E-state index in [1.165, 1.54) is 0 Å². The van der Waals surface area contributed by atoms with Crippen molar-refractivity contribution in [3.8, 4) is 0 Å². The number of pyridine rings is 1. The van der Waals surface area contributed by atoms with Gasteiger partial charge in [0.25, 0.3) is 0 Å². The van der Waals surface area contributed by atoms with E-state index < -0.39 is 0 Å². The smallest absolute Gasteiger partial charge is 0.0942 e. The Kier molecular flexibility index (Phi) is 2.26. The molecule has 1 N–H and O–H groups in total. The van der Waals surface area contributed by atoms with Crippen LogP contribution < -0.4 is 0 Å². The van der Waals surface area contributed by atoms with Gasteiger partial charge in [-0.2, -0.15) is 0 Å². The zero-order chi connectivity index (χ0) is 8.27. The molecule has 1 aromatic rings. The molecule has 0 fully saturated rings. The van der Waals surface area contributed by atoms with Crippen molar-refractivity contribution in [1.29, 1.82) is 0 Å². The lowest BCUT2D eigenvalue weighted by Crippen LogP contribution is -1.86. The minimum absolute atomic E-state index is 0.323. The highest BCUT2D eigenvalue weighted by Gasteiger charge is 1.97. The lowest BCUT2D eigenvalue weighted by atomic mass is 10.2. The van der Waals surface area contributed by atoms with E-state index in [1.807, 2.05) is 25.1 Å². The zero-order valence-electron chi connectivity index (χ0n) is 6.70. The summed E-state index contributed by atoms with van der Waals surface area (Å²) in [5, 5.41) is 9.11. The Morgan fingerprint density at radius 1 is 1.36 bits per heavy atom. The normalized spacial score (nSPS) is 12.5. The fourth-order valence-electron chi connectivity index (χ4n) is 0.770. The molecule has 2 heteroatoms. The van der Waals surface area contributed by atoms with Gasteiger partial charge >= 0.3 is 0 Å². The molecule has 0 saturated heterocycles. The summed E-state index contributed by atoms with van der Waals surface area (Å²) >= 11 is 0. The van der Waals surface area contributed by atoms with Gasteiger partial charge in [-0.05, 0) is 26.0 Å². The van der Waals surface area contributed by atoms with Gasteiger partial charge in [-0.1, -0.05) is 6.07 Å². The summed E-state index contributed by atoms with van der Waals surface area (Å²) < 4.78 is 0. The van der Waals surface area contributed by atoms with Gasteiger partial charge in [-0.25, -0.2) is 0 Å². The molecule has 0 amide bonds. The highest BCUT2D eigenvalue weighted by molar-refractivity contribution is 5.61. The Hall–Kier alpha value is -1.31. The van der Waals surface area contributed by atoms with Gasteiger partial charge in [-0.15, -0.1) is 0 Å². The first-order valence-electron chi connectivity index (χ1n) is 3.49. The molecule has 0 aromatic carbocycles. The van der Waals surface area contributed by atoms with E-state index in [9.17, 15) is 0 Å². The standard InChI is InChI=1S/C9H11NO/c1-7(8(2)11)9-5-3-4-6-10-9/h3-6,11H,1-2H3. The molecule has 0 spiro atoms. The van der Waals surface area contributed by atoms with Crippen LogP contribution >= 0.6 is 0 Å². The van der Waals surface area contributed by atoms with E-state index in [0.717, 1.165) is 11.3 Å². The topological polar surface area (TPSA) is 33.1 Å². The second-order valence-electron chi connectivity index (χ2n) is 2.43. The maximum Gasteiger partial charge on any atom is 0.0942 e. The van der Waals surface area contributed by atoms with Gasteiger partial charge in [0.1, 0.15) is 0 Å². The van der Waals surface area contributed by atoms with Crippen LogP contribution in [0.4, 0.5) is 0 Å². The van der Waals surface area contributed by atoms with Crippen molar-refractivity contribution in [2.45, 2.75) is 13.8 Å². The number of rotatable bonds is 1. The van der Waals surface area contributed by atoms with Crippen molar-refractivity contribution in [1.82, 2.24) is 4.98 Å². The molecule has 1 aromatic heterocycles. The van der Waals surface area contributed by atoms with Crippen molar-refractivity contribution >= 4 is 5.57 Å². The van der Waals surface area contributed by atoms with E-state index in [4.69, 9.17) is 5.11 Å². The van der Waals surface area contributed by atoms with Crippen LogP contribution in [0.3, 0.4) is 0 Å². The lowest BCUT2D eigenvalue weighted by molar-refractivity contribution is 0.416. The maximum absolute atomic E-state index is 9.11. The third-order valence-electron chi connectivity index (χ3n) is 1.59. The molecule has 0 bridgehead atoms. The van der Waals surface area contributed by atoms with Crippen molar-refractivity contribution in [3.63, 3.8) is 0 Å². The molecule has 58 valence electrons. The van der Waals surface area contributed by atoms with E-state index in [-0.39, 0.29) is 0 Å². The summed E-state index contributed by atoms with van der Waals surface area (Å²) in [7, 11) is 0. The van der Waals surface area contributed by atoms with Crippen LogP contribution in [0.25, 0.3) is 5.57 Å². The van der Waals surface area contributed by atoms with Gasteiger partial charge in [0.15, 0.2) is 0 Å². The van der Waals surface area contributed by atoms with Crippen LogP contribution in [0.2, 0.25) is 0 Å². The Morgan fingerprint density at radius 2 is 2.09 bits per heavy atom. The second kappa shape index (κ2) is 3.19. The molecule has 11 heavy (non-hydrogen) atoms. The van der Waals surface area contributed by atoms with E-state index in [1.54, 1.807) is 13.1 Å². The van der Waals surface area contributed by atoms with Crippen molar-refractivity contribution in [3.05, 3.63) is 35.8 Å². The average Bonchev–Trinajstić information content (AvgIpc) is 2.05. The largest absolute Gasteiger partial charge is 0.512 e. The van der Waals surface area contributed by atoms with Gasteiger partial charge in [-0.3, -0.25) is 4.98 Å². The first kappa shape index (κ1) is 7.79. The number of hydrogen-bond donors (Lipinski definition) is 1. The van der Waals surface area contributed by atoms with E-state index in [2.05, 4.69) is 4.98 Å². The summed E-state index contributed by atoms with van der Waals surface area (Å²) in [6.07, 6.45) is 1.71. The molecule has 0 aliphatic heterocycles. The molecule has 0 aliphatic carbocycles. The minimum atomic E-state index is 0.323. The van der Waals surface area contributed by atoms with Gasteiger partial charge in [0.05, 0.1) is 11.5 Å². The van der Waals surface area contributed by atoms with Gasteiger partial charge < -0.3 is 5.11 Å². The fourth-order valence-corrected chi connectivity index (χ4v) is 0.770. The molecule has 0 aliphatic rings. The van der Waals surface area contributed by atoms with Crippen molar-refractivity contribution < 1.29 is 5.11 Å². The number of allylic oxidation sites excluding steroid dienone is 2. The molecule has 1 rings (SSSR count). The Balaban J connectivity index is 3.04. The molecule has 0 atom stereocenters. The Morgan fingerprint density at radius 3 is 2.55 bits per heavy atom. The van der Waals surface area contributed by atoms with Crippen LogP contribution in [-0.4, -0.2) is 10.1 Å². The van der Waals surface area contributed by atoms with Crippen molar-refractivity contribution in [2.24, 2.45) is 0 Å². The molecule has 0 radical (unpaired) electrons. The summed E-state index contributed by atoms with van der Waals surface area (Å²) in [4.78, 5) is 4.08. The summed E-state index contributed by atoms with van der Waals surface area (Å²) in [5.74, 6) is 0.323. The number of aliphatic hydroxyl groups excluding tert-OH is 1. The molecule has 0 unspecified atom stereocenters. The monoisotopic (exact) mass is 149 g/mol. The number of nitrogens with zero attached hydrogens (tertiary/aromatic N) is 1. The SMILES string of the molecule is CC(O)=C(C)c1ccccn1. The summed E-state index contributed by atoms with van der Waals surface area (Å²) in [5.41, 5.74) is 1.65. The van der Waals surface area contributed by atoms with Crippen LogP contribution in [0.15, 0.2) is 30.2 Å². The third-order valence-corrected chi connectivity index (χ3v) is 1.59. The fraction of sp³-hybridized carbons (Fsp3) is 0.222. The first-order chi connectivity index (χ1) is 5.22. The zero-order valence-corrected chi connectivity index (χ0v) is 6.70. The van der Waals surface area contributed by atoms with Crippen LogP contribution in [0, 0.1) is 0 Å². The molecule has 1 heterocycles. The maximum atomic E-state index is 9.11. The Bertz CT molecular complexity index is 260. The highest BCUT2D eigenvalue weighted by Crippen LogP contribution is 2.12. The molecule has 0 saturated carbocycles. The third kappa shape index (κ3) is 1.80. The number of hydrogen-bond acceptors (Lipinski definition) is 2. The first-order valence-corrected chi connectivity index (χ1v) is 3.49. The van der Waals surface area contributed by atoms with Gasteiger partial charge in [0, 0.05) is 11.8 Å². The predicted molar refractivity (Wildman–Crippen MR) is 45.1 cm³/mol. The molecule has 2 nitrogen and oxygen atoms in total. The quantitative estimate of drug-likeness (QED) is 0.622. The van der Waals surface area contributed by atoms with E-state index in [0.29, 0.717) is 5.76 Å². The number of aliphatic hydroxyl groups is 1. The minimum Gasteiger partial charge on any atom is -0.512 e. The van der Waals surface area contributed by atoms with Crippen LogP contribution in [-0.2, 0) is 0 Å². The van der Waals surface area contributed by atoms with Gasteiger partial charge in [0.2, 0.25) is 0 Å². The summed E-state index contributed by atoms with van der Waals surface area (Å²) in [6.45, 7) is 3.50. The molecular formula is C9H11NO.